The molecule has 0 saturated carbocycles. The van der Waals surface area contributed by atoms with Gasteiger partial charge in [0.25, 0.3) is 5.56 Å². The molecule has 0 N–H and O–H groups in total. The summed E-state index contributed by atoms with van der Waals surface area (Å²) in [5.74, 6) is 0.722. The van der Waals surface area contributed by atoms with E-state index in [1.807, 2.05) is 48.6 Å². The van der Waals surface area contributed by atoms with Gasteiger partial charge in [0.15, 0.2) is 11.2 Å². The first-order valence-corrected chi connectivity index (χ1v) is 9.67. The summed E-state index contributed by atoms with van der Waals surface area (Å²) >= 11 is 0. The van der Waals surface area contributed by atoms with E-state index in [2.05, 4.69) is 16.5 Å². The summed E-state index contributed by atoms with van der Waals surface area (Å²) in [5, 5.41) is 0. The molecule has 0 amide bonds. The van der Waals surface area contributed by atoms with Crippen LogP contribution in [-0.2, 0) is 26.6 Å². The molecule has 4 rings (SSSR count). The molecular formula is C21H25N5O2. The second-order valence-electron chi connectivity index (χ2n) is 7.28. The van der Waals surface area contributed by atoms with Gasteiger partial charge in [-0.1, -0.05) is 37.3 Å². The third kappa shape index (κ3) is 2.61. The van der Waals surface area contributed by atoms with Crippen molar-refractivity contribution in [3.63, 3.8) is 0 Å². The van der Waals surface area contributed by atoms with E-state index in [1.165, 1.54) is 9.13 Å². The van der Waals surface area contributed by atoms with Crippen LogP contribution in [0.1, 0.15) is 30.3 Å². The molecule has 0 radical (unpaired) electrons. The van der Waals surface area contributed by atoms with Gasteiger partial charge < -0.3 is 4.57 Å². The van der Waals surface area contributed by atoms with Crippen molar-refractivity contribution in [2.75, 3.05) is 0 Å². The largest absolute Gasteiger partial charge is 0.332 e. The van der Waals surface area contributed by atoms with E-state index in [-0.39, 0.29) is 11.2 Å². The summed E-state index contributed by atoms with van der Waals surface area (Å²) in [6.07, 6.45) is 1.59. The third-order valence-corrected chi connectivity index (χ3v) is 5.54. The summed E-state index contributed by atoms with van der Waals surface area (Å²) < 4.78 is 6.84. The van der Waals surface area contributed by atoms with Crippen molar-refractivity contribution in [2.24, 2.45) is 7.05 Å². The summed E-state index contributed by atoms with van der Waals surface area (Å²) in [6.45, 7) is 7.31. The number of aromatic nitrogens is 5. The number of hydrogen-bond acceptors (Lipinski definition) is 3. The van der Waals surface area contributed by atoms with E-state index in [9.17, 15) is 9.59 Å². The van der Waals surface area contributed by atoms with E-state index in [0.29, 0.717) is 24.1 Å². The van der Waals surface area contributed by atoms with E-state index in [0.717, 1.165) is 35.7 Å². The van der Waals surface area contributed by atoms with Crippen molar-refractivity contribution >= 4 is 16.9 Å². The topological polar surface area (TPSA) is 66.2 Å². The van der Waals surface area contributed by atoms with Crippen LogP contribution in [0, 0.1) is 13.8 Å². The number of benzene rings is 1. The van der Waals surface area contributed by atoms with Gasteiger partial charge in [-0.25, -0.2) is 4.79 Å². The molecule has 4 aromatic rings. The number of hydrogen-bond donors (Lipinski definition) is 0. The van der Waals surface area contributed by atoms with Crippen LogP contribution in [0.2, 0.25) is 0 Å². The molecule has 7 heteroatoms. The second-order valence-corrected chi connectivity index (χ2v) is 7.28. The summed E-state index contributed by atoms with van der Waals surface area (Å²) in [6, 6.07) is 9.88. The van der Waals surface area contributed by atoms with Crippen LogP contribution >= 0.6 is 0 Å². The molecule has 28 heavy (non-hydrogen) atoms. The monoisotopic (exact) mass is 379 g/mol. The fraction of sp³-hybridized carbons (Fsp3) is 0.381. The van der Waals surface area contributed by atoms with Gasteiger partial charge in [0, 0.05) is 31.5 Å². The van der Waals surface area contributed by atoms with Gasteiger partial charge in [0.2, 0.25) is 5.78 Å². The van der Waals surface area contributed by atoms with Crippen molar-refractivity contribution in [3.8, 4) is 0 Å². The summed E-state index contributed by atoms with van der Waals surface area (Å²) in [7, 11) is 1.68. The van der Waals surface area contributed by atoms with Gasteiger partial charge in [0.1, 0.15) is 0 Å². The summed E-state index contributed by atoms with van der Waals surface area (Å²) in [4.78, 5) is 30.8. The molecule has 0 unspecified atom stereocenters. The molecule has 0 aliphatic carbocycles. The lowest BCUT2D eigenvalue weighted by atomic mass is 10.1. The number of rotatable bonds is 5. The number of fused-ring (bicyclic) bond motifs is 3. The lowest BCUT2D eigenvalue weighted by Crippen LogP contribution is -2.39. The fourth-order valence-electron chi connectivity index (χ4n) is 3.89. The van der Waals surface area contributed by atoms with Crippen LogP contribution < -0.4 is 11.2 Å². The highest BCUT2D eigenvalue weighted by atomic mass is 16.2. The maximum atomic E-state index is 13.3. The minimum absolute atomic E-state index is 0.279. The Morgan fingerprint density at radius 2 is 1.68 bits per heavy atom. The van der Waals surface area contributed by atoms with E-state index >= 15 is 0 Å². The van der Waals surface area contributed by atoms with Crippen molar-refractivity contribution in [2.45, 2.75) is 46.7 Å². The SMILES string of the molecule is CCCn1c(C)c(C)n2c3c(=O)n(CCc4ccccc4)c(=O)n(C)c3nc12. The van der Waals surface area contributed by atoms with Gasteiger partial charge in [-0.05, 0) is 32.3 Å². The Morgan fingerprint density at radius 1 is 0.964 bits per heavy atom. The number of nitrogens with zero attached hydrogens (tertiary/aromatic N) is 5. The van der Waals surface area contributed by atoms with Crippen molar-refractivity contribution in [1.29, 1.82) is 0 Å². The molecule has 7 nitrogen and oxygen atoms in total. The van der Waals surface area contributed by atoms with E-state index < -0.39 is 0 Å². The molecular weight excluding hydrogens is 354 g/mol. The average molecular weight is 379 g/mol. The standard InChI is InChI=1S/C21H25N5O2/c1-5-12-24-14(2)15(3)26-17-18(22-20(24)26)23(4)21(28)25(19(17)27)13-11-16-9-7-6-8-10-16/h6-10H,5,11-13H2,1-4H3. The maximum absolute atomic E-state index is 13.3. The second kappa shape index (κ2) is 6.82. The number of imidazole rings is 2. The van der Waals surface area contributed by atoms with Gasteiger partial charge >= 0.3 is 5.69 Å². The first-order chi connectivity index (χ1) is 13.5. The van der Waals surface area contributed by atoms with E-state index in [4.69, 9.17) is 0 Å². The average Bonchev–Trinajstić information content (AvgIpc) is 3.19. The van der Waals surface area contributed by atoms with Crippen LogP contribution in [0.3, 0.4) is 0 Å². The molecule has 0 saturated heterocycles. The Hall–Kier alpha value is -3.09. The van der Waals surface area contributed by atoms with E-state index in [1.54, 1.807) is 7.05 Å². The number of aryl methyl sites for hydroxylation is 4. The molecule has 1 aromatic carbocycles. The molecule has 146 valence electrons. The lowest BCUT2D eigenvalue weighted by molar-refractivity contribution is 0.602. The summed E-state index contributed by atoms with van der Waals surface area (Å²) in [5.41, 5.74) is 3.47. The smallest absolute Gasteiger partial charge is 0.314 e. The van der Waals surface area contributed by atoms with Crippen molar-refractivity contribution in [1.82, 2.24) is 23.1 Å². The zero-order valence-electron chi connectivity index (χ0n) is 16.8. The van der Waals surface area contributed by atoms with Crippen LogP contribution in [0.25, 0.3) is 16.9 Å². The first kappa shape index (κ1) is 18.3. The Labute approximate surface area is 162 Å². The third-order valence-electron chi connectivity index (χ3n) is 5.54. The normalized spacial score (nSPS) is 11.7. The van der Waals surface area contributed by atoms with Crippen LogP contribution in [0.5, 0.6) is 0 Å². The molecule has 0 spiro atoms. The first-order valence-electron chi connectivity index (χ1n) is 9.67. The maximum Gasteiger partial charge on any atom is 0.332 e. The van der Waals surface area contributed by atoms with Gasteiger partial charge in [-0.2, -0.15) is 4.98 Å². The Morgan fingerprint density at radius 3 is 2.36 bits per heavy atom. The molecule has 3 aromatic heterocycles. The fourth-order valence-corrected chi connectivity index (χ4v) is 3.89. The quantitative estimate of drug-likeness (QED) is 0.535. The van der Waals surface area contributed by atoms with Crippen LogP contribution in [0.4, 0.5) is 0 Å². The zero-order chi connectivity index (χ0) is 20.0. The lowest BCUT2D eigenvalue weighted by Gasteiger charge is -2.08. The Bertz CT molecular complexity index is 1290. The van der Waals surface area contributed by atoms with Crippen molar-refractivity contribution in [3.05, 3.63) is 68.1 Å². The van der Waals surface area contributed by atoms with Gasteiger partial charge in [-0.3, -0.25) is 18.3 Å². The highest BCUT2D eigenvalue weighted by Crippen LogP contribution is 2.20. The molecule has 0 aliphatic heterocycles. The highest BCUT2D eigenvalue weighted by molar-refractivity contribution is 5.76. The molecule has 3 heterocycles. The van der Waals surface area contributed by atoms with Crippen LogP contribution in [-0.4, -0.2) is 23.1 Å². The van der Waals surface area contributed by atoms with Crippen molar-refractivity contribution < 1.29 is 0 Å². The predicted octanol–water partition coefficient (Wildman–Crippen LogP) is 2.42. The van der Waals surface area contributed by atoms with Gasteiger partial charge in [-0.15, -0.1) is 0 Å². The molecule has 0 bridgehead atoms. The zero-order valence-corrected chi connectivity index (χ0v) is 16.8. The molecule has 0 atom stereocenters. The van der Waals surface area contributed by atoms with Crippen LogP contribution in [0.15, 0.2) is 39.9 Å². The highest BCUT2D eigenvalue weighted by Gasteiger charge is 2.22. The minimum atomic E-state index is -0.328. The minimum Gasteiger partial charge on any atom is -0.314 e. The Kier molecular flexibility index (Phi) is 4.45. The molecule has 0 aliphatic rings. The predicted molar refractivity (Wildman–Crippen MR) is 110 cm³/mol. The molecule has 0 fully saturated rings. The van der Waals surface area contributed by atoms with Gasteiger partial charge in [0.05, 0.1) is 0 Å². The Balaban J connectivity index is 1.95.